The number of nitrogens with zero attached hydrogens (tertiary/aromatic N) is 3. The van der Waals surface area contributed by atoms with E-state index in [9.17, 15) is 0 Å². The van der Waals surface area contributed by atoms with Crippen molar-refractivity contribution in [3.63, 3.8) is 0 Å². The van der Waals surface area contributed by atoms with Crippen LogP contribution in [0.2, 0.25) is 0 Å². The molecule has 1 N–H and O–H groups in total. The Morgan fingerprint density at radius 1 is 0.844 bits per heavy atom. The van der Waals surface area contributed by atoms with Gasteiger partial charge >= 0.3 is 0 Å². The summed E-state index contributed by atoms with van der Waals surface area (Å²) in [7, 11) is 2.19. The van der Waals surface area contributed by atoms with Gasteiger partial charge in [-0.1, -0.05) is 42.0 Å². The summed E-state index contributed by atoms with van der Waals surface area (Å²) in [5, 5.41) is 5.98. The van der Waals surface area contributed by atoms with Crippen LogP contribution in [0.4, 0.5) is 11.4 Å². The Bertz CT molecular complexity index is 1210. The fourth-order valence-corrected chi connectivity index (χ4v) is 4.43. The first-order valence-corrected chi connectivity index (χ1v) is 11.4. The van der Waals surface area contributed by atoms with Gasteiger partial charge in [0.2, 0.25) is 0 Å². The number of fused-ring (bicyclic) bond motifs is 1. The van der Waals surface area contributed by atoms with Crippen LogP contribution in [-0.2, 0) is 6.54 Å². The van der Waals surface area contributed by atoms with Gasteiger partial charge in [0.1, 0.15) is 0 Å². The zero-order valence-electron chi connectivity index (χ0n) is 18.9. The quantitative estimate of drug-likeness (QED) is 0.455. The van der Waals surface area contributed by atoms with Crippen LogP contribution in [0.1, 0.15) is 11.3 Å². The van der Waals surface area contributed by atoms with Gasteiger partial charge < -0.3 is 15.1 Å². The van der Waals surface area contributed by atoms with E-state index in [4.69, 9.17) is 0 Å². The molecule has 0 radical (unpaired) electrons. The predicted molar refractivity (Wildman–Crippen MR) is 135 cm³/mol. The Kier molecular flexibility index (Phi) is 5.78. The Balaban J connectivity index is 1.30. The zero-order valence-corrected chi connectivity index (χ0v) is 18.9. The van der Waals surface area contributed by atoms with Crippen molar-refractivity contribution in [3.05, 3.63) is 90.3 Å². The lowest BCUT2D eigenvalue weighted by molar-refractivity contribution is 0.313. The van der Waals surface area contributed by atoms with Gasteiger partial charge in [-0.2, -0.15) is 0 Å². The topological polar surface area (TPSA) is 31.4 Å². The minimum atomic E-state index is 0.703. The third-order valence-corrected chi connectivity index (χ3v) is 6.39. The van der Waals surface area contributed by atoms with E-state index in [2.05, 4.69) is 107 Å². The number of benzene rings is 3. The maximum atomic E-state index is 4.66. The molecule has 0 bridgehead atoms. The molecule has 1 aliphatic heterocycles. The number of likely N-dealkylation sites (N-methyl/N-ethyl adjacent to an activating group) is 1. The van der Waals surface area contributed by atoms with Gasteiger partial charge in [-0.3, -0.25) is 4.98 Å². The van der Waals surface area contributed by atoms with E-state index in [1.54, 1.807) is 0 Å². The molecular formula is C28H30N4. The van der Waals surface area contributed by atoms with E-state index in [1.165, 1.54) is 33.2 Å². The van der Waals surface area contributed by atoms with Gasteiger partial charge in [0.25, 0.3) is 0 Å². The van der Waals surface area contributed by atoms with Crippen molar-refractivity contribution < 1.29 is 0 Å². The third kappa shape index (κ3) is 4.46. The molecule has 0 amide bonds. The monoisotopic (exact) mass is 422 g/mol. The van der Waals surface area contributed by atoms with E-state index in [-0.39, 0.29) is 0 Å². The molecule has 2 heterocycles. The van der Waals surface area contributed by atoms with Crippen LogP contribution in [0.3, 0.4) is 0 Å². The molecule has 4 nitrogen and oxygen atoms in total. The maximum absolute atomic E-state index is 4.66. The molecule has 1 saturated heterocycles. The summed E-state index contributed by atoms with van der Waals surface area (Å²) < 4.78 is 0. The highest BCUT2D eigenvalue weighted by Crippen LogP contribution is 2.27. The lowest BCUT2D eigenvalue weighted by Crippen LogP contribution is -2.44. The number of anilines is 2. The average molecular weight is 423 g/mol. The Morgan fingerprint density at radius 2 is 1.62 bits per heavy atom. The molecule has 1 aliphatic rings. The molecular weight excluding hydrogens is 392 g/mol. The SMILES string of the molecule is Cc1cccc(-c2ccc3c(CNc4ccc(N5CCN(C)CC5)cc4)nccc3c2)c1. The molecule has 1 aromatic heterocycles. The molecule has 162 valence electrons. The van der Waals surface area contributed by atoms with Gasteiger partial charge in [-0.05, 0) is 66.9 Å². The fourth-order valence-electron chi connectivity index (χ4n) is 4.43. The van der Waals surface area contributed by atoms with Gasteiger partial charge in [-0.15, -0.1) is 0 Å². The second-order valence-corrected chi connectivity index (χ2v) is 8.75. The first-order chi connectivity index (χ1) is 15.7. The molecule has 1 fully saturated rings. The van der Waals surface area contributed by atoms with Crippen LogP contribution in [-0.4, -0.2) is 43.1 Å². The fraction of sp³-hybridized carbons (Fsp3) is 0.250. The van der Waals surface area contributed by atoms with Gasteiger partial charge in [0, 0.05) is 49.1 Å². The van der Waals surface area contributed by atoms with Crippen LogP contribution < -0.4 is 10.2 Å². The molecule has 3 aromatic carbocycles. The highest BCUT2D eigenvalue weighted by Gasteiger charge is 2.14. The van der Waals surface area contributed by atoms with E-state index in [0.29, 0.717) is 6.54 Å². The second kappa shape index (κ2) is 9.01. The number of hydrogen-bond acceptors (Lipinski definition) is 4. The summed E-state index contributed by atoms with van der Waals surface area (Å²) in [6.07, 6.45) is 1.91. The Hall–Kier alpha value is -3.37. The van der Waals surface area contributed by atoms with Gasteiger partial charge in [0.05, 0.1) is 12.2 Å². The highest BCUT2D eigenvalue weighted by atomic mass is 15.2. The normalized spacial score (nSPS) is 14.6. The Labute approximate surface area is 190 Å². The van der Waals surface area contributed by atoms with Crippen molar-refractivity contribution in [2.45, 2.75) is 13.5 Å². The minimum absolute atomic E-state index is 0.703. The largest absolute Gasteiger partial charge is 0.379 e. The number of aromatic nitrogens is 1. The van der Waals surface area contributed by atoms with Gasteiger partial charge in [-0.25, -0.2) is 0 Å². The van der Waals surface area contributed by atoms with Crippen molar-refractivity contribution in [2.24, 2.45) is 0 Å². The number of hydrogen-bond donors (Lipinski definition) is 1. The van der Waals surface area contributed by atoms with Crippen molar-refractivity contribution >= 4 is 22.1 Å². The predicted octanol–water partition coefficient (Wildman–Crippen LogP) is 5.57. The molecule has 0 aliphatic carbocycles. The number of pyridine rings is 1. The summed E-state index contributed by atoms with van der Waals surface area (Å²) in [4.78, 5) is 9.50. The first-order valence-electron chi connectivity index (χ1n) is 11.4. The van der Waals surface area contributed by atoms with E-state index in [1.807, 2.05) is 6.20 Å². The van der Waals surface area contributed by atoms with Gasteiger partial charge in [0.15, 0.2) is 0 Å². The standard InChI is InChI=1S/C28H30N4/c1-21-4-3-5-22(18-21)23-6-11-27-24(19-23)12-13-29-28(27)20-30-25-7-9-26(10-8-25)32-16-14-31(2)15-17-32/h3-13,18-19,30H,14-17,20H2,1-2H3. The number of rotatable bonds is 5. The summed E-state index contributed by atoms with van der Waals surface area (Å²) in [6, 6.07) is 26.2. The van der Waals surface area contributed by atoms with E-state index < -0.39 is 0 Å². The lowest BCUT2D eigenvalue weighted by Gasteiger charge is -2.34. The minimum Gasteiger partial charge on any atom is -0.379 e. The van der Waals surface area contributed by atoms with Crippen molar-refractivity contribution in [2.75, 3.05) is 43.4 Å². The van der Waals surface area contributed by atoms with E-state index >= 15 is 0 Å². The number of nitrogens with one attached hydrogen (secondary N) is 1. The van der Waals surface area contributed by atoms with Crippen molar-refractivity contribution in [3.8, 4) is 11.1 Å². The molecule has 5 rings (SSSR count). The summed E-state index contributed by atoms with van der Waals surface area (Å²) in [6.45, 7) is 7.27. The van der Waals surface area contributed by atoms with Crippen LogP contribution in [0, 0.1) is 6.92 Å². The molecule has 32 heavy (non-hydrogen) atoms. The average Bonchev–Trinajstić information content (AvgIpc) is 2.83. The smallest absolute Gasteiger partial charge is 0.0672 e. The molecule has 0 saturated carbocycles. The number of aryl methyl sites for hydroxylation is 1. The molecule has 0 unspecified atom stereocenters. The second-order valence-electron chi connectivity index (χ2n) is 8.75. The van der Waals surface area contributed by atoms with Crippen LogP contribution >= 0.6 is 0 Å². The maximum Gasteiger partial charge on any atom is 0.0672 e. The van der Waals surface area contributed by atoms with Crippen LogP contribution in [0.5, 0.6) is 0 Å². The summed E-state index contributed by atoms with van der Waals surface area (Å²) >= 11 is 0. The molecule has 0 atom stereocenters. The molecule has 4 aromatic rings. The summed E-state index contributed by atoms with van der Waals surface area (Å²) in [5.41, 5.74) is 7.27. The molecule has 4 heteroatoms. The third-order valence-electron chi connectivity index (χ3n) is 6.39. The molecule has 0 spiro atoms. The van der Waals surface area contributed by atoms with Crippen molar-refractivity contribution in [1.82, 2.24) is 9.88 Å². The first kappa shape index (κ1) is 20.5. The van der Waals surface area contributed by atoms with Crippen molar-refractivity contribution in [1.29, 1.82) is 0 Å². The van der Waals surface area contributed by atoms with Crippen LogP contribution in [0.15, 0.2) is 79.0 Å². The zero-order chi connectivity index (χ0) is 21.9. The summed E-state index contributed by atoms with van der Waals surface area (Å²) in [5.74, 6) is 0. The number of piperazine rings is 1. The van der Waals surface area contributed by atoms with E-state index in [0.717, 1.165) is 37.6 Å². The lowest BCUT2D eigenvalue weighted by atomic mass is 9.99. The van der Waals surface area contributed by atoms with Crippen LogP contribution in [0.25, 0.3) is 21.9 Å². The Morgan fingerprint density at radius 3 is 2.41 bits per heavy atom. The highest BCUT2D eigenvalue weighted by molar-refractivity contribution is 5.89.